The molecular weight excluding hydrogens is 410 g/mol. The molecule has 2 aromatic heterocycles. The van der Waals surface area contributed by atoms with E-state index in [-0.39, 0.29) is 0 Å². The number of fused-ring (bicyclic) bond motifs is 1. The molecule has 2 aliphatic heterocycles. The summed E-state index contributed by atoms with van der Waals surface area (Å²) in [6.07, 6.45) is 11.5. The van der Waals surface area contributed by atoms with Gasteiger partial charge in [0.15, 0.2) is 5.82 Å². The van der Waals surface area contributed by atoms with Crippen molar-refractivity contribution in [3.8, 4) is 0 Å². The summed E-state index contributed by atoms with van der Waals surface area (Å²) >= 11 is 6.42. The Morgan fingerprint density at radius 2 is 1.90 bits per heavy atom. The second kappa shape index (κ2) is 8.23. The Labute approximate surface area is 187 Å². The molecule has 0 aliphatic carbocycles. The summed E-state index contributed by atoms with van der Waals surface area (Å²) in [5.41, 5.74) is 5.68. The smallest absolute Gasteiger partial charge is 0.227 e. The zero-order valence-corrected chi connectivity index (χ0v) is 18.6. The lowest BCUT2D eigenvalue weighted by molar-refractivity contribution is 0.568. The average molecular weight is 436 g/mol. The van der Waals surface area contributed by atoms with Crippen LogP contribution in [-0.4, -0.2) is 46.4 Å². The standard InChI is InChI=1S/C23H26ClN7/c1-29-14-17(18-12-26-30(2)15-18)10-16-11-19(6-7-21(16)29)27-22-20(24)13-25-23(28-22)31-8-4-3-5-9-31/h6-7,10-13,15H,3-5,8-9,14H2,1-2H3,(H,25,27,28). The number of aryl methyl sites for hydroxylation is 1. The molecule has 160 valence electrons. The number of anilines is 4. The van der Waals surface area contributed by atoms with Crippen molar-refractivity contribution < 1.29 is 0 Å². The Balaban J connectivity index is 1.43. The van der Waals surface area contributed by atoms with Crippen LogP contribution in [0.2, 0.25) is 5.02 Å². The Kier molecular flexibility index (Phi) is 5.28. The number of piperidine rings is 1. The van der Waals surface area contributed by atoms with Crippen molar-refractivity contribution in [3.05, 3.63) is 52.9 Å². The van der Waals surface area contributed by atoms with Gasteiger partial charge in [0, 0.05) is 62.4 Å². The largest absolute Gasteiger partial charge is 0.370 e. The number of benzene rings is 1. The number of aromatic nitrogens is 4. The van der Waals surface area contributed by atoms with Crippen LogP contribution in [0.3, 0.4) is 0 Å². The Hall–Kier alpha value is -3.06. The summed E-state index contributed by atoms with van der Waals surface area (Å²) in [5, 5.41) is 8.23. The molecule has 0 spiro atoms. The second-order valence-corrected chi connectivity index (χ2v) is 8.65. The SMILES string of the molecule is CN1CC(c2cnn(C)c2)=Cc2cc(Nc3nc(N4CCCCC4)ncc3Cl)ccc21. The van der Waals surface area contributed by atoms with Gasteiger partial charge in [-0.1, -0.05) is 11.6 Å². The van der Waals surface area contributed by atoms with Gasteiger partial charge >= 0.3 is 0 Å². The lowest BCUT2D eigenvalue weighted by Gasteiger charge is -2.28. The van der Waals surface area contributed by atoms with Crippen molar-refractivity contribution in [2.24, 2.45) is 7.05 Å². The minimum Gasteiger partial charge on any atom is -0.370 e. The van der Waals surface area contributed by atoms with Crippen molar-refractivity contribution in [1.29, 1.82) is 0 Å². The Bertz CT molecular complexity index is 1130. The molecule has 3 aromatic rings. The van der Waals surface area contributed by atoms with Crippen molar-refractivity contribution in [1.82, 2.24) is 19.7 Å². The molecule has 0 saturated carbocycles. The zero-order chi connectivity index (χ0) is 21.4. The van der Waals surface area contributed by atoms with Crippen molar-refractivity contribution in [2.75, 3.05) is 41.8 Å². The predicted molar refractivity (Wildman–Crippen MR) is 127 cm³/mol. The van der Waals surface area contributed by atoms with Crippen LogP contribution in [0.15, 0.2) is 36.8 Å². The third kappa shape index (κ3) is 4.10. The fourth-order valence-corrected chi connectivity index (χ4v) is 4.40. The number of halogens is 1. The van der Waals surface area contributed by atoms with Crippen molar-refractivity contribution in [2.45, 2.75) is 19.3 Å². The van der Waals surface area contributed by atoms with E-state index in [4.69, 9.17) is 16.6 Å². The number of hydrogen-bond donors (Lipinski definition) is 1. The van der Waals surface area contributed by atoms with Gasteiger partial charge in [0.2, 0.25) is 5.95 Å². The van der Waals surface area contributed by atoms with Gasteiger partial charge in [0.25, 0.3) is 0 Å². The predicted octanol–water partition coefficient (Wildman–Crippen LogP) is 4.59. The molecule has 1 saturated heterocycles. The fraction of sp³-hybridized carbons (Fsp3) is 0.348. The summed E-state index contributed by atoms with van der Waals surface area (Å²) in [5.74, 6) is 1.38. The first-order valence-corrected chi connectivity index (χ1v) is 11.0. The summed E-state index contributed by atoms with van der Waals surface area (Å²) in [6.45, 7) is 2.84. The van der Waals surface area contributed by atoms with Gasteiger partial charge in [-0.3, -0.25) is 4.68 Å². The van der Waals surface area contributed by atoms with E-state index < -0.39 is 0 Å². The van der Waals surface area contributed by atoms with Gasteiger partial charge in [-0.05, 0) is 49.1 Å². The highest BCUT2D eigenvalue weighted by molar-refractivity contribution is 6.32. The van der Waals surface area contributed by atoms with E-state index in [9.17, 15) is 0 Å². The molecule has 7 nitrogen and oxygen atoms in total. The molecule has 5 rings (SSSR count). The van der Waals surface area contributed by atoms with E-state index in [1.165, 1.54) is 30.5 Å². The number of hydrogen-bond acceptors (Lipinski definition) is 6. The normalized spacial score (nSPS) is 16.2. The maximum atomic E-state index is 6.42. The first kappa shape index (κ1) is 19.9. The quantitative estimate of drug-likeness (QED) is 0.646. The highest BCUT2D eigenvalue weighted by Crippen LogP contribution is 2.35. The van der Waals surface area contributed by atoms with Crippen LogP contribution in [0.5, 0.6) is 0 Å². The lowest BCUT2D eigenvalue weighted by atomic mass is 9.99. The topological polar surface area (TPSA) is 62.1 Å². The van der Waals surface area contributed by atoms with Crippen molar-refractivity contribution >= 4 is 46.4 Å². The molecule has 31 heavy (non-hydrogen) atoms. The van der Waals surface area contributed by atoms with E-state index in [0.717, 1.165) is 42.4 Å². The molecular formula is C23H26ClN7. The van der Waals surface area contributed by atoms with Crippen LogP contribution in [-0.2, 0) is 7.05 Å². The van der Waals surface area contributed by atoms with Crippen LogP contribution in [0.25, 0.3) is 11.6 Å². The fourth-order valence-electron chi connectivity index (χ4n) is 4.26. The van der Waals surface area contributed by atoms with Gasteiger partial charge in [0.1, 0.15) is 5.02 Å². The Morgan fingerprint density at radius 1 is 1.06 bits per heavy atom. The first-order chi connectivity index (χ1) is 15.1. The molecule has 0 unspecified atom stereocenters. The zero-order valence-electron chi connectivity index (χ0n) is 17.8. The summed E-state index contributed by atoms with van der Waals surface area (Å²) in [7, 11) is 4.05. The minimum absolute atomic E-state index is 0.516. The van der Waals surface area contributed by atoms with Crippen LogP contribution in [0, 0.1) is 0 Å². The molecule has 1 N–H and O–H groups in total. The number of rotatable bonds is 4. The molecule has 1 fully saturated rings. The first-order valence-electron chi connectivity index (χ1n) is 10.7. The summed E-state index contributed by atoms with van der Waals surface area (Å²) in [6, 6.07) is 6.34. The van der Waals surface area contributed by atoms with E-state index in [1.54, 1.807) is 6.20 Å². The highest BCUT2D eigenvalue weighted by atomic mass is 35.5. The van der Waals surface area contributed by atoms with Crippen LogP contribution < -0.4 is 15.1 Å². The highest BCUT2D eigenvalue weighted by Gasteiger charge is 2.19. The lowest BCUT2D eigenvalue weighted by Crippen LogP contribution is -2.31. The van der Waals surface area contributed by atoms with Crippen LogP contribution in [0.1, 0.15) is 30.4 Å². The number of nitrogens with zero attached hydrogens (tertiary/aromatic N) is 6. The van der Waals surface area contributed by atoms with Gasteiger partial charge in [-0.15, -0.1) is 0 Å². The third-order valence-electron chi connectivity index (χ3n) is 5.88. The third-order valence-corrected chi connectivity index (χ3v) is 6.16. The van der Waals surface area contributed by atoms with Crippen molar-refractivity contribution in [3.63, 3.8) is 0 Å². The van der Waals surface area contributed by atoms with Gasteiger partial charge < -0.3 is 15.1 Å². The average Bonchev–Trinajstić information content (AvgIpc) is 3.22. The summed E-state index contributed by atoms with van der Waals surface area (Å²) in [4.78, 5) is 13.7. The van der Waals surface area contributed by atoms with E-state index in [0.29, 0.717) is 10.8 Å². The molecule has 0 bridgehead atoms. The Morgan fingerprint density at radius 3 is 2.68 bits per heavy atom. The molecule has 1 aromatic carbocycles. The molecule has 2 aliphatic rings. The minimum atomic E-state index is 0.516. The molecule has 0 radical (unpaired) electrons. The van der Waals surface area contributed by atoms with Gasteiger partial charge in [-0.25, -0.2) is 4.98 Å². The molecule has 8 heteroatoms. The van der Waals surface area contributed by atoms with Gasteiger partial charge in [0.05, 0.1) is 12.4 Å². The second-order valence-electron chi connectivity index (χ2n) is 8.24. The van der Waals surface area contributed by atoms with Crippen LogP contribution in [0.4, 0.5) is 23.1 Å². The molecule has 0 atom stereocenters. The van der Waals surface area contributed by atoms with E-state index >= 15 is 0 Å². The monoisotopic (exact) mass is 435 g/mol. The van der Waals surface area contributed by atoms with E-state index in [1.807, 2.05) is 17.9 Å². The number of nitrogens with one attached hydrogen (secondary N) is 1. The van der Waals surface area contributed by atoms with Gasteiger partial charge in [-0.2, -0.15) is 10.1 Å². The molecule has 4 heterocycles. The van der Waals surface area contributed by atoms with Crippen LogP contribution >= 0.6 is 11.6 Å². The maximum Gasteiger partial charge on any atom is 0.227 e. The van der Waals surface area contributed by atoms with E-state index in [2.05, 4.69) is 62.7 Å². The molecule has 0 amide bonds. The summed E-state index contributed by atoms with van der Waals surface area (Å²) < 4.78 is 1.83. The maximum absolute atomic E-state index is 6.42. The number of likely N-dealkylation sites (N-methyl/N-ethyl adjacent to an activating group) is 1.